The van der Waals surface area contributed by atoms with E-state index in [9.17, 15) is 4.79 Å². The summed E-state index contributed by atoms with van der Waals surface area (Å²) in [6, 6.07) is 12.4. The van der Waals surface area contributed by atoms with Crippen LogP contribution in [-0.4, -0.2) is 49.3 Å². The van der Waals surface area contributed by atoms with E-state index in [2.05, 4.69) is 34.6 Å². The van der Waals surface area contributed by atoms with Crippen LogP contribution in [-0.2, 0) is 17.8 Å². The quantitative estimate of drug-likeness (QED) is 0.656. The Labute approximate surface area is 173 Å². The number of hydrogen-bond donors (Lipinski definition) is 1. The molecule has 0 saturated carbocycles. The monoisotopic (exact) mass is 397 g/mol. The molecule has 1 aromatic heterocycles. The number of benzene rings is 1. The highest BCUT2D eigenvalue weighted by atomic mass is 16.5. The first kappa shape index (κ1) is 21.1. The van der Waals surface area contributed by atoms with E-state index in [1.165, 1.54) is 5.56 Å². The summed E-state index contributed by atoms with van der Waals surface area (Å²) in [5.74, 6) is 1.46. The minimum atomic E-state index is 0.0538. The van der Waals surface area contributed by atoms with Gasteiger partial charge in [0.05, 0.1) is 0 Å². The first-order valence-corrected chi connectivity index (χ1v) is 10.4. The van der Waals surface area contributed by atoms with Crippen LogP contribution in [0.3, 0.4) is 0 Å². The van der Waals surface area contributed by atoms with Gasteiger partial charge in [0.25, 0.3) is 0 Å². The zero-order valence-corrected chi connectivity index (χ0v) is 17.2. The van der Waals surface area contributed by atoms with Crippen LogP contribution in [0.25, 0.3) is 0 Å². The van der Waals surface area contributed by atoms with Gasteiger partial charge >= 0.3 is 6.03 Å². The largest absolute Gasteiger partial charge is 0.489 e. The van der Waals surface area contributed by atoms with Gasteiger partial charge in [0.15, 0.2) is 0 Å². The van der Waals surface area contributed by atoms with Crippen molar-refractivity contribution in [1.82, 2.24) is 15.2 Å². The number of likely N-dealkylation sites (tertiary alicyclic amines) is 1. The van der Waals surface area contributed by atoms with Gasteiger partial charge in [0.2, 0.25) is 0 Å². The molecular formula is C23H31N3O3. The number of nitrogens with one attached hydrogen (secondary N) is 1. The van der Waals surface area contributed by atoms with E-state index >= 15 is 0 Å². The van der Waals surface area contributed by atoms with E-state index in [0.717, 1.165) is 50.1 Å². The topological polar surface area (TPSA) is 63.7 Å². The normalized spacial score (nSPS) is 14.6. The number of carbonyl (C=O) groups excluding carboxylic acids is 1. The molecule has 6 nitrogen and oxygen atoms in total. The minimum Gasteiger partial charge on any atom is -0.489 e. The van der Waals surface area contributed by atoms with Crippen LogP contribution in [0.4, 0.5) is 4.79 Å². The van der Waals surface area contributed by atoms with Crippen molar-refractivity contribution in [1.29, 1.82) is 0 Å². The third-order valence-corrected chi connectivity index (χ3v) is 5.31. The third kappa shape index (κ3) is 7.06. The van der Waals surface area contributed by atoms with Crippen LogP contribution in [0.15, 0.2) is 48.8 Å². The SMILES string of the molecule is COCCCNC(=O)N1CCC(Cc2ccc(COc3ccncc3)cc2)CC1. The van der Waals surface area contributed by atoms with Crippen LogP contribution >= 0.6 is 0 Å². The number of pyridine rings is 1. The first-order valence-electron chi connectivity index (χ1n) is 10.4. The number of urea groups is 1. The average molecular weight is 398 g/mol. The molecule has 0 bridgehead atoms. The molecule has 1 aliphatic heterocycles. The van der Waals surface area contributed by atoms with E-state index in [1.54, 1.807) is 19.5 Å². The lowest BCUT2D eigenvalue weighted by molar-refractivity contribution is 0.166. The second-order valence-electron chi connectivity index (χ2n) is 7.50. The molecule has 1 aliphatic rings. The zero-order valence-electron chi connectivity index (χ0n) is 17.2. The number of hydrogen-bond acceptors (Lipinski definition) is 4. The molecule has 1 aromatic carbocycles. The molecule has 1 saturated heterocycles. The summed E-state index contributed by atoms with van der Waals surface area (Å²) in [5, 5.41) is 2.97. The molecule has 0 radical (unpaired) electrons. The molecule has 29 heavy (non-hydrogen) atoms. The number of carbonyl (C=O) groups is 1. The molecule has 1 N–H and O–H groups in total. The Hall–Kier alpha value is -2.60. The molecule has 2 aromatic rings. The predicted octanol–water partition coefficient (Wildman–Crippen LogP) is 3.66. The summed E-state index contributed by atoms with van der Waals surface area (Å²) in [6.07, 6.45) is 7.48. The van der Waals surface area contributed by atoms with Gasteiger partial charge in [0.1, 0.15) is 12.4 Å². The molecule has 3 rings (SSSR count). The fourth-order valence-corrected chi connectivity index (χ4v) is 3.57. The lowest BCUT2D eigenvalue weighted by atomic mass is 9.90. The Bertz CT molecular complexity index is 729. The minimum absolute atomic E-state index is 0.0538. The Kier molecular flexibility index (Phi) is 8.31. The lowest BCUT2D eigenvalue weighted by Crippen LogP contribution is -2.45. The van der Waals surface area contributed by atoms with Gasteiger partial charge in [-0.1, -0.05) is 24.3 Å². The van der Waals surface area contributed by atoms with E-state index in [-0.39, 0.29) is 6.03 Å². The number of rotatable bonds is 9. The molecular weight excluding hydrogens is 366 g/mol. The first-order chi connectivity index (χ1) is 14.2. The van der Waals surface area contributed by atoms with Crippen LogP contribution in [0.5, 0.6) is 5.75 Å². The highest BCUT2D eigenvalue weighted by molar-refractivity contribution is 5.74. The van der Waals surface area contributed by atoms with E-state index in [1.807, 2.05) is 17.0 Å². The Morgan fingerprint density at radius 2 is 1.79 bits per heavy atom. The number of piperidine rings is 1. The van der Waals surface area contributed by atoms with Crippen LogP contribution in [0, 0.1) is 5.92 Å². The third-order valence-electron chi connectivity index (χ3n) is 5.31. The second-order valence-corrected chi connectivity index (χ2v) is 7.50. The van der Waals surface area contributed by atoms with E-state index < -0.39 is 0 Å². The van der Waals surface area contributed by atoms with E-state index in [4.69, 9.17) is 9.47 Å². The van der Waals surface area contributed by atoms with Crippen LogP contribution < -0.4 is 10.1 Å². The highest BCUT2D eigenvalue weighted by Crippen LogP contribution is 2.22. The van der Waals surface area contributed by atoms with Gasteiger partial charge in [-0.3, -0.25) is 4.98 Å². The average Bonchev–Trinajstić information content (AvgIpc) is 2.77. The van der Waals surface area contributed by atoms with E-state index in [0.29, 0.717) is 25.7 Å². The van der Waals surface area contributed by atoms with Crippen LogP contribution in [0.2, 0.25) is 0 Å². The maximum absolute atomic E-state index is 12.2. The standard InChI is InChI=1S/C23H31N3O3/c1-28-16-2-11-25-23(27)26-14-9-20(10-15-26)17-19-3-5-21(6-4-19)18-29-22-7-12-24-13-8-22/h3-8,12-13,20H,2,9-11,14-18H2,1H3,(H,25,27). The zero-order chi connectivity index (χ0) is 20.3. The fraction of sp³-hybridized carbons (Fsp3) is 0.478. The highest BCUT2D eigenvalue weighted by Gasteiger charge is 2.22. The smallest absolute Gasteiger partial charge is 0.317 e. The van der Waals surface area contributed by atoms with Crippen molar-refractivity contribution >= 4 is 6.03 Å². The van der Waals surface area contributed by atoms with Crippen molar-refractivity contribution in [3.05, 3.63) is 59.9 Å². The molecule has 2 amide bonds. The molecule has 2 heterocycles. The van der Waals surface area contributed by atoms with Gasteiger partial charge in [0, 0.05) is 45.7 Å². The molecule has 156 valence electrons. The van der Waals surface area contributed by atoms with Crippen LogP contribution in [0.1, 0.15) is 30.4 Å². The Morgan fingerprint density at radius 1 is 1.10 bits per heavy atom. The number of ether oxygens (including phenoxy) is 2. The number of methoxy groups -OCH3 is 1. The summed E-state index contributed by atoms with van der Waals surface area (Å²) < 4.78 is 10.8. The predicted molar refractivity (Wildman–Crippen MR) is 113 cm³/mol. The Balaban J connectivity index is 1.37. The summed E-state index contributed by atoms with van der Waals surface area (Å²) in [7, 11) is 1.68. The second kappa shape index (κ2) is 11.4. The fourth-order valence-electron chi connectivity index (χ4n) is 3.57. The molecule has 1 fully saturated rings. The molecule has 0 atom stereocenters. The van der Waals surface area contributed by atoms with Gasteiger partial charge in [-0.2, -0.15) is 0 Å². The summed E-state index contributed by atoms with van der Waals surface area (Å²) in [6.45, 7) is 3.57. The number of aromatic nitrogens is 1. The van der Waals surface area contributed by atoms with Crippen molar-refractivity contribution in [3.63, 3.8) is 0 Å². The van der Waals surface area contributed by atoms with Gasteiger partial charge in [-0.05, 0) is 54.9 Å². The van der Waals surface area contributed by atoms with Crippen molar-refractivity contribution in [3.8, 4) is 5.75 Å². The van der Waals surface area contributed by atoms with Gasteiger partial charge in [-0.25, -0.2) is 4.79 Å². The number of nitrogens with zero attached hydrogens (tertiary/aromatic N) is 2. The van der Waals surface area contributed by atoms with Gasteiger partial charge in [-0.15, -0.1) is 0 Å². The van der Waals surface area contributed by atoms with Crippen molar-refractivity contribution in [2.45, 2.75) is 32.3 Å². The number of amides is 2. The van der Waals surface area contributed by atoms with Crippen molar-refractivity contribution < 1.29 is 14.3 Å². The maximum atomic E-state index is 12.2. The summed E-state index contributed by atoms with van der Waals surface area (Å²) >= 11 is 0. The molecule has 0 spiro atoms. The van der Waals surface area contributed by atoms with Crippen molar-refractivity contribution in [2.24, 2.45) is 5.92 Å². The summed E-state index contributed by atoms with van der Waals surface area (Å²) in [5.41, 5.74) is 2.51. The maximum Gasteiger partial charge on any atom is 0.317 e. The summed E-state index contributed by atoms with van der Waals surface area (Å²) in [4.78, 5) is 18.1. The molecule has 6 heteroatoms. The molecule has 0 unspecified atom stereocenters. The Morgan fingerprint density at radius 3 is 2.48 bits per heavy atom. The lowest BCUT2D eigenvalue weighted by Gasteiger charge is -2.32. The van der Waals surface area contributed by atoms with Gasteiger partial charge < -0.3 is 19.7 Å². The van der Waals surface area contributed by atoms with Crippen molar-refractivity contribution in [2.75, 3.05) is 33.4 Å². The molecule has 0 aliphatic carbocycles.